The van der Waals surface area contributed by atoms with E-state index in [9.17, 15) is 0 Å². The Hall–Kier alpha value is -1.95. The van der Waals surface area contributed by atoms with Crippen molar-refractivity contribution in [1.29, 1.82) is 0 Å². The molecule has 5 nitrogen and oxygen atoms in total. The summed E-state index contributed by atoms with van der Waals surface area (Å²) in [4.78, 5) is 3.51. The van der Waals surface area contributed by atoms with Gasteiger partial charge in [-0.05, 0) is 19.1 Å². The summed E-state index contributed by atoms with van der Waals surface area (Å²) in [6.07, 6.45) is 2.04. The first kappa shape index (κ1) is 12.8. The second kappa shape index (κ2) is 4.53. The third-order valence-electron chi connectivity index (χ3n) is 3.77. The Kier molecular flexibility index (Phi) is 2.75. The molecular weight excluding hydrogens is 332 g/mol. The van der Waals surface area contributed by atoms with Crippen LogP contribution in [0.5, 0.6) is 5.75 Å². The molecule has 108 valence electrons. The number of rotatable bonds is 1. The number of hydrogen-bond acceptors (Lipinski definition) is 3. The number of nitrogens with one attached hydrogen (secondary N) is 2. The average molecular weight is 347 g/mol. The van der Waals surface area contributed by atoms with Gasteiger partial charge in [-0.25, -0.2) is 0 Å². The third-order valence-corrected chi connectivity index (χ3v) is 4.23. The van der Waals surface area contributed by atoms with Crippen molar-refractivity contribution in [1.82, 2.24) is 14.8 Å². The lowest BCUT2D eigenvalue weighted by molar-refractivity contribution is 0.339. The molecule has 0 aliphatic carbocycles. The monoisotopic (exact) mass is 346 g/mol. The van der Waals surface area contributed by atoms with Crippen LogP contribution in [0.25, 0.3) is 22.2 Å². The van der Waals surface area contributed by atoms with Gasteiger partial charge in [0.1, 0.15) is 12.4 Å². The molecule has 1 aromatic carbocycles. The first-order chi connectivity index (χ1) is 10.1. The fraction of sp³-hybridized carbons (Fsp3) is 0.267. The van der Waals surface area contributed by atoms with Gasteiger partial charge in [0.2, 0.25) is 0 Å². The van der Waals surface area contributed by atoms with Crippen LogP contribution in [-0.4, -0.2) is 27.9 Å². The Balaban J connectivity index is 2.06. The van der Waals surface area contributed by atoms with E-state index in [0.717, 1.165) is 50.3 Å². The minimum absolute atomic E-state index is 0.658. The molecule has 0 radical (unpaired) electrons. The highest BCUT2D eigenvalue weighted by atomic mass is 79.9. The minimum Gasteiger partial charge on any atom is -0.491 e. The van der Waals surface area contributed by atoms with E-state index in [1.807, 2.05) is 30.9 Å². The van der Waals surface area contributed by atoms with Gasteiger partial charge >= 0.3 is 0 Å². The summed E-state index contributed by atoms with van der Waals surface area (Å²) >= 11 is 3.55. The Morgan fingerprint density at radius 3 is 3.00 bits per heavy atom. The van der Waals surface area contributed by atoms with Crippen LogP contribution in [-0.2, 0) is 7.05 Å². The van der Waals surface area contributed by atoms with Crippen molar-refractivity contribution < 1.29 is 4.74 Å². The van der Waals surface area contributed by atoms with Crippen LogP contribution in [0.1, 0.15) is 5.69 Å². The van der Waals surface area contributed by atoms with Gasteiger partial charge in [-0.3, -0.25) is 4.68 Å². The van der Waals surface area contributed by atoms with Crippen molar-refractivity contribution in [3.8, 4) is 17.0 Å². The van der Waals surface area contributed by atoms with Crippen molar-refractivity contribution >= 4 is 32.5 Å². The molecule has 1 aliphatic rings. The highest BCUT2D eigenvalue weighted by molar-refractivity contribution is 9.10. The summed E-state index contributed by atoms with van der Waals surface area (Å²) in [7, 11) is 1.94. The molecule has 0 atom stereocenters. The first-order valence-corrected chi connectivity index (χ1v) is 7.65. The van der Waals surface area contributed by atoms with E-state index >= 15 is 0 Å². The minimum atomic E-state index is 0.658. The number of aromatic amines is 1. The number of ether oxygens (including phenoxy) is 1. The predicted molar refractivity (Wildman–Crippen MR) is 86.9 cm³/mol. The van der Waals surface area contributed by atoms with Gasteiger partial charge < -0.3 is 15.0 Å². The zero-order valence-electron chi connectivity index (χ0n) is 11.8. The summed E-state index contributed by atoms with van der Waals surface area (Å²) in [5.41, 5.74) is 5.34. The van der Waals surface area contributed by atoms with Crippen molar-refractivity contribution in [2.24, 2.45) is 7.05 Å². The molecule has 21 heavy (non-hydrogen) atoms. The standard InChI is InChI=1S/C15H15BrN4O/c1-8-10(7-20(2)19-8)14-15-13-11(18-14)5-9(16)6-12(13)21-4-3-17-15/h5-7,17-18H,3-4H2,1-2H3. The number of hydrogen-bond donors (Lipinski definition) is 2. The van der Waals surface area contributed by atoms with Crippen molar-refractivity contribution in [2.45, 2.75) is 6.92 Å². The topological polar surface area (TPSA) is 54.9 Å². The molecule has 0 unspecified atom stereocenters. The Labute approximate surface area is 130 Å². The van der Waals surface area contributed by atoms with Gasteiger partial charge in [0.15, 0.2) is 0 Å². The van der Waals surface area contributed by atoms with E-state index in [-0.39, 0.29) is 0 Å². The molecule has 3 heterocycles. The van der Waals surface area contributed by atoms with Gasteiger partial charge in [0.25, 0.3) is 0 Å². The fourth-order valence-electron chi connectivity index (χ4n) is 2.94. The van der Waals surface area contributed by atoms with Crippen LogP contribution in [0, 0.1) is 6.92 Å². The quantitative estimate of drug-likeness (QED) is 0.709. The molecular formula is C15H15BrN4O. The normalized spacial score (nSPS) is 13.9. The summed E-state index contributed by atoms with van der Waals surface area (Å²) < 4.78 is 8.70. The molecule has 0 saturated carbocycles. The lowest BCUT2D eigenvalue weighted by Crippen LogP contribution is -2.08. The van der Waals surface area contributed by atoms with Crippen LogP contribution in [0.15, 0.2) is 22.8 Å². The van der Waals surface area contributed by atoms with E-state index in [0.29, 0.717) is 6.61 Å². The second-order valence-corrected chi connectivity index (χ2v) is 6.19. The fourth-order valence-corrected chi connectivity index (χ4v) is 3.37. The Morgan fingerprint density at radius 1 is 1.38 bits per heavy atom. The molecule has 0 fully saturated rings. The maximum absolute atomic E-state index is 5.85. The van der Waals surface area contributed by atoms with Crippen molar-refractivity contribution in [3.63, 3.8) is 0 Å². The number of nitrogens with zero attached hydrogens (tertiary/aromatic N) is 2. The molecule has 0 saturated heterocycles. The SMILES string of the molecule is Cc1nn(C)cc1-c1[nH]c2cc(Br)cc3c2c1NCCO3. The average Bonchev–Trinajstić information content (AvgIpc) is 2.85. The number of benzene rings is 1. The van der Waals surface area contributed by atoms with E-state index in [1.54, 1.807) is 0 Å². The van der Waals surface area contributed by atoms with Crippen molar-refractivity contribution in [2.75, 3.05) is 18.5 Å². The zero-order chi connectivity index (χ0) is 14.6. The molecule has 3 aromatic rings. The van der Waals surface area contributed by atoms with E-state index in [2.05, 4.69) is 37.4 Å². The summed E-state index contributed by atoms with van der Waals surface area (Å²) in [6.45, 7) is 3.47. The lowest BCUT2D eigenvalue weighted by atomic mass is 10.1. The van der Waals surface area contributed by atoms with Crippen LogP contribution in [0.4, 0.5) is 5.69 Å². The smallest absolute Gasteiger partial charge is 0.132 e. The summed E-state index contributed by atoms with van der Waals surface area (Å²) in [5, 5.41) is 9.03. The van der Waals surface area contributed by atoms with Gasteiger partial charge in [-0.15, -0.1) is 0 Å². The first-order valence-electron chi connectivity index (χ1n) is 6.86. The summed E-state index contributed by atoms with van der Waals surface area (Å²) in [6, 6.07) is 4.10. The highest BCUT2D eigenvalue weighted by Gasteiger charge is 2.21. The van der Waals surface area contributed by atoms with E-state index in [1.165, 1.54) is 0 Å². The molecule has 0 amide bonds. The predicted octanol–water partition coefficient (Wildman–Crippen LogP) is 3.44. The van der Waals surface area contributed by atoms with Gasteiger partial charge in [-0.1, -0.05) is 15.9 Å². The van der Waals surface area contributed by atoms with Crippen LogP contribution < -0.4 is 10.1 Å². The molecule has 4 rings (SSSR count). The van der Waals surface area contributed by atoms with Crippen LogP contribution in [0.2, 0.25) is 0 Å². The maximum Gasteiger partial charge on any atom is 0.132 e. The third kappa shape index (κ3) is 1.93. The molecule has 6 heteroatoms. The molecule has 2 N–H and O–H groups in total. The number of anilines is 1. The number of halogens is 1. The number of H-pyrrole nitrogens is 1. The van der Waals surface area contributed by atoms with Crippen molar-refractivity contribution in [3.05, 3.63) is 28.5 Å². The van der Waals surface area contributed by atoms with Gasteiger partial charge in [0.05, 0.1) is 28.0 Å². The van der Waals surface area contributed by atoms with E-state index < -0.39 is 0 Å². The number of aromatic nitrogens is 3. The highest BCUT2D eigenvalue weighted by Crippen LogP contribution is 2.43. The lowest BCUT2D eigenvalue weighted by Gasteiger charge is -2.04. The van der Waals surface area contributed by atoms with Crippen LogP contribution in [0.3, 0.4) is 0 Å². The van der Waals surface area contributed by atoms with Crippen LogP contribution >= 0.6 is 15.9 Å². The molecule has 0 spiro atoms. The largest absolute Gasteiger partial charge is 0.491 e. The molecule has 2 aromatic heterocycles. The zero-order valence-corrected chi connectivity index (χ0v) is 13.4. The Morgan fingerprint density at radius 2 is 2.24 bits per heavy atom. The second-order valence-electron chi connectivity index (χ2n) is 5.28. The van der Waals surface area contributed by atoms with Gasteiger partial charge in [0, 0.05) is 29.8 Å². The maximum atomic E-state index is 5.85. The number of aryl methyl sites for hydroxylation is 2. The molecule has 0 bridgehead atoms. The van der Waals surface area contributed by atoms with Gasteiger partial charge in [-0.2, -0.15) is 5.10 Å². The van der Waals surface area contributed by atoms with E-state index in [4.69, 9.17) is 4.74 Å². The molecule has 1 aliphatic heterocycles. The summed E-state index contributed by atoms with van der Waals surface area (Å²) in [5.74, 6) is 0.906. The Bertz CT molecular complexity index is 849.